The van der Waals surface area contributed by atoms with Gasteiger partial charge in [0, 0.05) is 16.2 Å². The summed E-state index contributed by atoms with van der Waals surface area (Å²) in [7, 11) is -3.48. The topological polar surface area (TPSA) is 34.1 Å². The first kappa shape index (κ1) is 18.4. The van der Waals surface area contributed by atoms with Crippen LogP contribution < -0.4 is 10.6 Å². The summed E-state index contributed by atoms with van der Waals surface area (Å²) in [4.78, 5) is 13.7. The lowest BCUT2D eigenvalue weighted by Gasteiger charge is -2.22. The van der Waals surface area contributed by atoms with Crippen molar-refractivity contribution in [3.8, 4) is 0 Å². The molecule has 0 N–H and O–H groups in total. The van der Waals surface area contributed by atoms with E-state index in [1.165, 1.54) is 0 Å². The fraction of sp³-hybridized carbons (Fsp3) is 0.174. The molecule has 0 radical (unpaired) electrons. The minimum absolute atomic E-state index is 0.284. The van der Waals surface area contributed by atoms with Crippen molar-refractivity contribution in [3.63, 3.8) is 0 Å². The van der Waals surface area contributed by atoms with Gasteiger partial charge in [0.15, 0.2) is 0 Å². The molecule has 0 aromatic heterocycles. The van der Waals surface area contributed by atoms with Crippen LogP contribution in [0.1, 0.15) is 32.6 Å². The Morgan fingerprint density at radius 2 is 1.27 bits per heavy atom. The van der Waals surface area contributed by atoms with E-state index < -0.39 is 7.14 Å². The zero-order valence-corrected chi connectivity index (χ0v) is 16.5. The Balaban J connectivity index is 2.32. The summed E-state index contributed by atoms with van der Waals surface area (Å²) >= 11 is 0. The standard InChI is InChI=1S/C23H23O2P/c1-16-14-18(3)22(19(4)15-16)23(24)26(25,20-11-6-5-7-12-20)21-13-9-8-10-17(21)2/h5-15H,1-4H3. The molecule has 1 atom stereocenters. The van der Waals surface area contributed by atoms with Crippen LogP contribution >= 0.6 is 7.14 Å². The van der Waals surface area contributed by atoms with Crippen LogP contribution in [0, 0.1) is 27.7 Å². The second kappa shape index (κ2) is 7.05. The van der Waals surface area contributed by atoms with Gasteiger partial charge in [-0.1, -0.05) is 72.3 Å². The Morgan fingerprint density at radius 1 is 0.731 bits per heavy atom. The highest BCUT2D eigenvalue weighted by molar-refractivity contribution is 7.93. The number of hydrogen-bond donors (Lipinski definition) is 0. The quantitative estimate of drug-likeness (QED) is 0.607. The zero-order valence-electron chi connectivity index (χ0n) is 15.6. The maximum absolute atomic E-state index is 14.4. The molecular weight excluding hydrogens is 339 g/mol. The molecule has 0 heterocycles. The van der Waals surface area contributed by atoms with E-state index in [2.05, 4.69) is 0 Å². The van der Waals surface area contributed by atoms with Crippen LogP contribution in [-0.4, -0.2) is 5.52 Å². The highest BCUT2D eigenvalue weighted by Crippen LogP contribution is 2.48. The number of hydrogen-bond acceptors (Lipinski definition) is 2. The van der Waals surface area contributed by atoms with Gasteiger partial charge in [-0.2, -0.15) is 0 Å². The molecule has 0 bridgehead atoms. The van der Waals surface area contributed by atoms with Crippen LogP contribution in [0.2, 0.25) is 0 Å². The van der Waals surface area contributed by atoms with E-state index in [-0.39, 0.29) is 5.52 Å². The summed E-state index contributed by atoms with van der Waals surface area (Å²) in [5, 5.41) is 1.20. The molecule has 0 aliphatic rings. The van der Waals surface area contributed by atoms with Crippen molar-refractivity contribution in [2.45, 2.75) is 27.7 Å². The summed E-state index contributed by atoms with van der Waals surface area (Å²) < 4.78 is 14.4. The van der Waals surface area contributed by atoms with Gasteiger partial charge in [-0.15, -0.1) is 0 Å². The van der Waals surface area contributed by atoms with Gasteiger partial charge in [0.05, 0.1) is 0 Å². The Bertz CT molecular complexity index is 996. The zero-order chi connectivity index (χ0) is 18.9. The molecule has 3 rings (SSSR count). The largest absolute Gasteiger partial charge is 0.305 e. The second-order valence-electron chi connectivity index (χ2n) is 6.81. The Labute approximate surface area is 155 Å². The van der Waals surface area contributed by atoms with Crippen molar-refractivity contribution >= 4 is 23.3 Å². The fourth-order valence-electron chi connectivity index (χ4n) is 3.60. The molecule has 26 heavy (non-hydrogen) atoms. The number of aryl methyl sites for hydroxylation is 4. The smallest absolute Gasteiger partial charge is 0.230 e. The van der Waals surface area contributed by atoms with E-state index in [4.69, 9.17) is 0 Å². The number of carbonyl (C=O) groups is 1. The van der Waals surface area contributed by atoms with Crippen LogP contribution in [0.3, 0.4) is 0 Å². The van der Waals surface area contributed by atoms with E-state index in [0.29, 0.717) is 16.2 Å². The highest BCUT2D eigenvalue weighted by atomic mass is 31.2. The predicted molar refractivity (Wildman–Crippen MR) is 109 cm³/mol. The molecule has 0 aliphatic heterocycles. The minimum atomic E-state index is -3.48. The van der Waals surface area contributed by atoms with E-state index in [1.807, 2.05) is 82.3 Å². The average molecular weight is 362 g/mol. The Kier molecular flexibility index (Phi) is 4.98. The minimum Gasteiger partial charge on any atom is -0.305 e. The van der Waals surface area contributed by atoms with Gasteiger partial charge < -0.3 is 4.57 Å². The molecular formula is C23H23O2P. The molecule has 0 spiro atoms. The first-order valence-electron chi connectivity index (χ1n) is 8.70. The monoisotopic (exact) mass is 362 g/mol. The van der Waals surface area contributed by atoms with Crippen LogP contribution in [0.15, 0.2) is 66.7 Å². The predicted octanol–water partition coefficient (Wildman–Crippen LogP) is 5.07. The van der Waals surface area contributed by atoms with Gasteiger partial charge in [0.2, 0.25) is 12.7 Å². The Morgan fingerprint density at radius 3 is 1.85 bits per heavy atom. The molecule has 0 saturated carbocycles. The van der Waals surface area contributed by atoms with Gasteiger partial charge in [0.1, 0.15) is 0 Å². The molecule has 3 heteroatoms. The molecule has 0 aliphatic carbocycles. The molecule has 1 unspecified atom stereocenters. The van der Waals surface area contributed by atoms with E-state index in [1.54, 1.807) is 12.1 Å². The van der Waals surface area contributed by atoms with Crippen molar-refractivity contribution in [2.24, 2.45) is 0 Å². The molecule has 0 amide bonds. The number of carbonyl (C=O) groups excluding carboxylic acids is 1. The first-order valence-corrected chi connectivity index (χ1v) is 10.4. The SMILES string of the molecule is Cc1cc(C)c(C(=O)P(=O)(c2ccccc2)c2ccccc2C)c(C)c1. The van der Waals surface area contributed by atoms with Crippen molar-refractivity contribution in [2.75, 3.05) is 0 Å². The first-order chi connectivity index (χ1) is 12.4. The van der Waals surface area contributed by atoms with E-state index in [0.717, 1.165) is 22.3 Å². The Hall–Kier alpha value is -2.44. The van der Waals surface area contributed by atoms with Crippen molar-refractivity contribution in [1.82, 2.24) is 0 Å². The molecule has 0 fully saturated rings. The van der Waals surface area contributed by atoms with Crippen LogP contribution in [0.4, 0.5) is 0 Å². The maximum Gasteiger partial charge on any atom is 0.230 e. The van der Waals surface area contributed by atoms with Crippen LogP contribution in [-0.2, 0) is 4.57 Å². The van der Waals surface area contributed by atoms with Crippen molar-refractivity contribution < 1.29 is 9.36 Å². The van der Waals surface area contributed by atoms with Crippen molar-refractivity contribution in [1.29, 1.82) is 0 Å². The van der Waals surface area contributed by atoms with Gasteiger partial charge in [-0.3, -0.25) is 4.79 Å². The van der Waals surface area contributed by atoms with Crippen molar-refractivity contribution in [3.05, 3.63) is 94.5 Å². The fourth-order valence-corrected chi connectivity index (χ4v) is 6.45. The number of benzene rings is 3. The van der Waals surface area contributed by atoms with E-state index in [9.17, 15) is 9.36 Å². The van der Waals surface area contributed by atoms with Crippen LogP contribution in [0.25, 0.3) is 0 Å². The molecule has 2 nitrogen and oxygen atoms in total. The second-order valence-corrected chi connectivity index (χ2v) is 9.43. The van der Waals surface area contributed by atoms with E-state index >= 15 is 0 Å². The summed E-state index contributed by atoms with van der Waals surface area (Å²) in [6, 6.07) is 20.6. The van der Waals surface area contributed by atoms with Gasteiger partial charge in [-0.05, 0) is 44.4 Å². The summed E-state index contributed by atoms with van der Waals surface area (Å²) in [5.74, 6) is 0. The summed E-state index contributed by atoms with van der Waals surface area (Å²) in [6.45, 7) is 7.75. The van der Waals surface area contributed by atoms with Gasteiger partial charge >= 0.3 is 0 Å². The third kappa shape index (κ3) is 3.06. The lowest BCUT2D eigenvalue weighted by Crippen LogP contribution is -2.25. The lowest BCUT2D eigenvalue weighted by atomic mass is 10.0. The summed E-state index contributed by atoms with van der Waals surface area (Å²) in [5.41, 5.74) is 4.01. The highest BCUT2D eigenvalue weighted by Gasteiger charge is 2.38. The summed E-state index contributed by atoms with van der Waals surface area (Å²) in [6.07, 6.45) is 0. The van der Waals surface area contributed by atoms with Gasteiger partial charge in [0.25, 0.3) is 0 Å². The normalized spacial score (nSPS) is 13.2. The number of rotatable bonds is 4. The van der Waals surface area contributed by atoms with Crippen LogP contribution in [0.5, 0.6) is 0 Å². The third-order valence-electron chi connectivity index (χ3n) is 4.75. The lowest BCUT2D eigenvalue weighted by molar-refractivity contribution is 0.107. The molecule has 0 saturated heterocycles. The molecule has 3 aromatic rings. The average Bonchev–Trinajstić information content (AvgIpc) is 2.61. The third-order valence-corrected chi connectivity index (χ3v) is 7.75. The maximum atomic E-state index is 14.4. The molecule has 3 aromatic carbocycles. The molecule has 132 valence electrons. The van der Waals surface area contributed by atoms with Gasteiger partial charge in [-0.25, -0.2) is 0 Å².